The first-order chi connectivity index (χ1) is 14.2. The maximum absolute atomic E-state index is 13.1. The van der Waals surface area contributed by atoms with Crippen LogP contribution in [-0.4, -0.2) is 36.4 Å². The molecule has 3 heterocycles. The van der Waals surface area contributed by atoms with E-state index in [-0.39, 0.29) is 11.6 Å². The SMILES string of the molecule is CCn1nccc1C(=O)NCCn1c(=O)n(Cc2ccccc2)c2cccnc21. The molecule has 8 heteroatoms. The van der Waals surface area contributed by atoms with E-state index in [0.717, 1.165) is 11.1 Å². The van der Waals surface area contributed by atoms with Crippen molar-refractivity contribution in [3.05, 3.63) is 82.7 Å². The van der Waals surface area contributed by atoms with Gasteiger partial charge in [-0.2, -0.15) is 5.10 Å². The summed E-state index contributed by atoms with van der Waals surface area (Å²) in [5, 5.41) is 6.97. The Hall–Kier alpha value is -3.68. The molecule has 4 aromatic rings. The highest BCUT2D eigenvalue weighted by atomic mass is 16.2. The molecule has 148 valence electrons. The monoisotopic (exact) mass is 390 g/mol. The average Bonchev–Trinajstić information content (AvgIpc) is 3.33. The van der Waals surface area contributed by atoms with E-state index in [2.05, 4.69) is 15.4 Å². The first-order valence-electron chi connectivity index (χ1n) is 9.57. The Balaban J connectivity index is 1.55. The molecular weight excluding hydrogens is 368 g/mol. The van der Waals surface area contributed by atoms with Crippen molar-refractivity contribution in [3.8, 4) is 0 Å². The normalized spacial score (nSPS) is 11.1. The first kappa shape index (κ1) is 18.7. The molecule has 0 saturated carbocycles. The van der Waals surface area contributed by atoms with Crippen LogP contribution in [0.25, 0.3) is 11.2 Å². The average molecular weight is 390 g/mol. The Morgan fingerprint density at radius 2 is 1.86 bits per heavy atom. The number of carbonyl (C=O) groups excluding carboxylic acids is 1. The molecule has 0 radical (unpaired) electrons. The van der Waals surface area contributed by atoms with E-state index in [9.17, 15) is 9.59 Å². The van der Waals surface area contributed by atoms with Gasteiger partial charge >= 0.3 is 5.69 Å². The van der Waals surface area contributed by atoms with Crippen LogP contribution >= 0.6 is 0 Å². The Labute approximate surface area is 167 Å². The van der Waals surface area contributed by atoms with Crippen molar-refractivity contribution in [2.24, 2.45) is 0 Å². The lowest BCUT2D eigenvalue weighted by atomic mass is 10.2. The number of nitrogens with zero attached hydrogens (tertiary/aromatic N) is 5. The number of rotatable bonds is 7. The molecule has 0 bridgehead atoms. The lowest BCUT2D eigenvalue weighted by Gasteiger charge is -2.07. The van der Waals surface area contributed by atoms with Gasteiger partial charge in [0.25, 0.3) is 5.91 Å². The van der Waals surface area contributed by atoms with Gasteiger partial charge in [0.05, 0.1) is 12.1 Å². The van der Waals surface area contributed by atoms with Gasteiger partial charge in [0.1, 0.15) is 5.69 Å². The number of imidazole rings is 1. The molecule has 1 amide bonds. The van der Waals surface area contributed by atoms with Crippen molar-refractivity contribution < 1.29 is 4.79 Å². The smallest absolute Gasteiger partial charge is 0.330 e. The molecule has 0 saturated heterocycles. The number of fused-ring (bicyclic) bond motifs is 1. The van der Waals surface area contributed by atoms with Gasteiger partial charge in [-0.15, -0.1) is 0 Å². The maximum Gasteiger partial charge on any atom is 0.330 e. The van der Waals surface area contributed by atoms with Crippen molar-refractivity contribution in [3.63, 3.8) is 0 Å². The minimum Gasteiger partial charge on any atom is -0.349 e. The van der Waals surface area contributed by atoms with E-state index in [0.29, 0.717) is 37.5 Å². The van der Waals surface area contributed by atoms with Gasteiger partial charge in [0, 0.05) is 32.0 Å². The lowest BCUT2D eigenvalue weighted by molar-refractivity contribution is 0.0941. The largest absolute Gasteiger partial charge is 0.349 e. The minimum absolute atomic E-state index is 0.143. The maximum atomic E-state index is 13.1. The Kier molecular flexibility index (Phi) is 5.24. The van der Waals surface area contributed by atoms with E-state index in [1.807, 2.05) is 49.4 Å². The summed E-state index contributed by atoms with van der Waals surface area (Å²) in [6, 6.07) is 15.2. The number of nitrogens with one attached hydrogen (secondary N) is 1. The number of aryl methyl sites for hydroxylation is 1. The minimum atomic E-state index is -0.210. The van der Waals surface area contributed by atoms with Crippen LogP contribution in [0.5, 0.6) is 0 Å². The van der Waals surface area contributed by atoms with E-state index in [1.165, 1.54) is 0 Å². The molecule has 0 unspecified atom stereocenters. The highest BCUT2D eigenvalue weighted by molar-refractivity contribution is 5.92. The van der Waals surface area contributed by atoms with Gasteiger partial charge in [-0.3, -0.25) is 18.6 Å². The summed E-state index contributed by atoms with van der Waals surface area (Å²) in [5.41, 5.74) is 2.79. The van der Waals surface area contributed by atoms with Crippen molar-refractivity contribution in [1.29, 1.82) is 0 Å². The second-order valence-corrected chi connectivity index (χ2v) is 6.64. The topological polar surface area (TPSA) is 86.7 Å². The fourth-order valence-corrected chi connectivity index (χ4v) is 3.42. The highest BCUT2D eigenvalue weighted by Crippen LogP contribution is 2.12. The summed E-state index contributed by atoms with van der Waals surface area (Å²) in [6.07, 6.45) is 3.27. The second-order valence-electron chi connectivity index (χ2n) is 6.64. The van der Waals surface area contributed by atoms with Crippen molar-refractivity contribution in [2.45, 2.75) is 26.6 Å². The van der Waals surface area contributed by atoms with Crippen LogP contribution in [0, 0.1) is 0 Å². The van der Waals surface area contributed by atoms with Crippen molar-refractivity contribution in [2.75, 3.05) is 6.54 Å². The molecule has 0 aliphatic carbocycles. The van der Waals surface area contributed by atoms with Gasteiger partial charge in [0.15, 0.2) is 5.65 Å². The number of benzene rings is 1. The third-order valence-corrected chi connectivity index (χ3v) is 4.83. The third kappa shape index (κ3) is 3.69. The van der Waals surface area contributed by atoms with Gasteiger partial charge in [-0.1, -0.05) is 30.3 Å². The molecule has 0 spiro atoms. The quantitative estimate of drug-likeness (QED) is 0.522. The van der Waals surface area contributed by atoms with E-state index in [1.54, 1.807) is 32.3 Å². The molecule has 1 N–H and O–H groups in total. The van der Waals surface area contributed by atoms with Gasteiger partial charge in [0.2, 0.25) is 0 Å². The zero-order valence-electron chi connectivity index (χ0n) is 16.2. The fraction of sp³-hybridized carbons (Fsp3) is 0.238. The summed E-state index contributed by atoms with van der Waals surface area (Å²) in [4.78, 5) is 29.8. The molecule has 4 rings (SSSR count). The van der Waals surface area contributed by atoms with Gasteiger partial charge in [-0.05, 0) is 30.7 Å². The summed E-state index contributed by atoms with van der Waals surface area (Å²) in [7, 11) is 0. The summed E-state index contributed by atoms with van der Waals surface area (Å²) in [6.45, 7) is 3.66. The molecule has 8 nitrogen and oxygen atoms in total. The van der Waals surface area contributed by atoms with Crippen LogP contribution in [0.15, 0.2) is 65.7 Å². The van der Waals surface area contributed by atoms with Crippen molar-refractivity contribution in [1.82, 2.24) is 29.2 Å². The molecular formula is C21H22N6O2. The molecule has 0 fully saturated rings. The Morgan fingerprint density at radius 3 is 2.66 bits per heavy atom. The first-order valence-corrected chi connectivity index (χ1v) is 9.57. The molecule has 0 aliphatic heterocycles. The van der Waals surface area contributed by atoms with Gasteiger partial charge < -0.3 is 5.32 Å². The number of amides is 1. The van der Waals surface area contributed by atoms with E-state index in [4.69, 9.17) is 0 Å². The van der Waals surface area contributed by atoms with Crippen LogP contribution in [-0.2, 0) is 19.6 Å². The fourth-order valence-electron chi connectivity index (χ4n) is 3.42. The van der Waals surface area contributed by atoms with Crippen molar-refractivity contribution >= 4 is 17.1 Å². The number of pyridine rings is 1. The molecule has 1 aromatic carbocycles. The Bertz CT molecular complexity index is 1190. The number of hydrogen-bond acceptors (Lipinski definition) is 4. The zero-order chi connectivity index (χ0) is 20.2. The van der Waals surface area contributed by atoms with Gasteiger partial charge in [-0.25, -0.2) is 9.78 Å². The van der Waals surface area contributed by atoms with Crippen LogP contribution in [0.4, 0.5) is 0 Å². The summed E-state index contributed by atoms with van der Waals surface area (Å²) >= 11 is 0. The van der Waals surface area contributed by atoms with Crippen LogP contribution < -0.4 is 11.0 Å². The highest BCUT2D eigenvalue weighted by Gasteiger charge is 2.15. The van der Waals surface area contributed by atoms with E-state index >= 15 is 0 Å². The van der Waals surface area contributed by atoms with Crippen LogP contribution in [0.1, 0.15) is 23.0 Å². The van der Waals surface area contributed by atoms with Crippen LogP contribution in [0.2, 0.25) is 0 Å². The lowest BCUT2D eigenvalue weighted by Crippen LogP contribution is -2.32. The number of hydrogen-bond donors (Lipinski definition) is 1. The van der Waals surface area contributed by atoms with E-state index < -0.39 is 0 Å². The van der Waals surface area contributed by atoms with Crippen LogP contribution in [0.3, 0.4) is 0 Å². The predicted molar refractivity (Wildman–Crippen MR) is 110 cm³/mol. The second kappa shape index (κ2) is 8.14. The molecule has 0 aliphatic rings. The predicted octanol–water partition coefficient (Wildman–Crippen LogP) is 1.89. The molecule has 3 aromatic heterocycles. The number of carbonyl (C=O) groups is 1. The third-order valence-electron chi connectivity index (χ3n) is 4.83. The molecule has 29 heavy (non-hydrogen) atoms. The zero-order valence-corrected chi connectivity index (χ0v) is 16.2. The number of aromatic nitrogens is 5. The standard InChI is InChI=1S/C21H22N6O2/c1-2-27-18(10-12-24-27)20(28)23-13-14-25-19-17(9-6-11-22-19)26(21(25)29)15-16-7-4-3-5-8-16/h3-12H,2,13-15H2,1H3,(H,23,28). The summed E-state index contributed by atoms with van der Waals surface area (Å²) in [5.74, 6) is -0.210. The molecule has 0 atom stereocenters. The Morgan fingerprint density at radius 1 is 1.03 bits per heavy atom. The summed E-state index contributed by atoms with van der Waals surface area (Å²) < 4.78 is 4.95.